The highest BCUT2D eigenvalue weighted by molar-refractivity contribution is 7.56. The van der Waals surface area contributed by atoms with Crippen LogP contribution in [0.15, 0.2) is 0 Å². The standard InChI is InChI=1S/C14H22NO9P/c1-22-13(20)14(25(21,23-2)24-3)7-6-8(16)11(19)12(14)15-9(17)4-5-10(15)18/h8,11-12,16,19H,4-7H2,1-3H3/t8-,11-,12+,14+/m1/s1. The first-order valence-electron chi connectivity index (χ1n) is 7.71. The van der Waals surface area contributed by atoms with Crippen molar-refractivity contribution in [2.45, 2.75) is 49.1 Å². The van der Waals surface area contributed by atoms with Gasteiger partial charge in [-0.15, -0.1) is 0 Å². The van der Waals surface area contributed by atoms with Crippen LogP contribution in [0.3, 0.4) is 0 Å². The first-order valence-corrected chi connectivity index (χ1v) is 9.25. The van der Waals surface area contributed by atoms with Crippen molar-refractivity contribution in [2.24, 2.45) is 0 Å². The summed E-state index contributed by atoms with van der Waals surface area (Å²) in [6, 6.07) is -1.63. The molecule has 25 heavy (non-hydrogen) atoms. The molecule has 2 rings (SSSR count). The summed E-state index contributed by atoms with van der Waals surface area (Å²) in [6.07, 6.45) is -3.65. The number of amides is 2. The Morgan fingerprint density at radius 2 is 1.68 bits per heavy atom. The van der Waals surface area contributed by atoms with Gasteiger partial charge in [-0.1, -0.05) is 0 Å². The number of carbonyl (C=O) groups excluding carboxylic acids is 3. The zero-order chi connectivity index (χ0) is 19.0. The van der Waals surface area contributed by atoms with Gasteiger partial charge >= 0.3 is 13.6 Å². The van der Waals surface area contributed by atoms with E-state index in [1.54, 1.807) is 0 Å². The average molecular weight is 379 g/mol. The van der Waals surface area contributed by atoms with E-state index in [0.717, 1.165) is 21.3 Å². The minimum absolute atomic E-state index is 0.111. The van der Waals surface area contributed by atoms with E-state index in [-0.39, 0.29) is 25.7 Å². The van der Waals surface area contributed by atoms with E-state index in [1.165, 1.54) is 0 Å². The molecule has 2 aliphatic rings. The molecule has 1 heterocycles. The molecule has 4 atom stereocenters. The van der Waals surface area contributed by atoms with Crippen LogP contribution in [0.2, 0.25) is 0 Å². The molecule has 1 aliphatic carbocycles. The van der Waals surface area contributed by atoms with Crippen molar-refractivity contribution >= 4 is 25.4 Å². The molecule has 0 spiro atoms. The highest BCUT2D eigenvalue weighted by atomic mass is 31.2. The molecule has 0 bridgehead atoms. The lowest BCUT2D eigenvalue weighted by Crippen LogP contribution is -2.68. The van der Waals surface area contributed by atoms with Crippen LogP contribution < -0.4 is 0 Å². The summed E-state index contributed by atoms with van der Waals surface area (Å²) in [5.41, 5.74) is 0. The van der Waals surface area contributed by atoms with Crippen LogP contribution in [-0.2, 0) is 32.7 Å². The molecule has 2 amide bonds. The molecular formula is C14H22NO9P. The topological polar surface area (TPSA) is 140 Å². The highest BCUT2D eigenvalue weighted by Crippen LogP contribution is 2.65. The Morgan fingerprint density at radius 3 is 2.12 bits per heavy atom. The van der Waals surface area contributed by atoms with Gasteiger partial charge in [0.2, 0.25) is 11.8 Å². The number of aliphatic hydroxyl groups excluding tert-OH is 2. The number of esters is 1. The van der Waals surface area contributed by atoms with Crippen molar-refractivity contribution in [1.29, 1.82) is 0 Å². The van der Waals surface area contributed by atoms with Gasteiger partial charge in [0, 0.05) is 27.1 Å². The van der Waals surface area contributed by atoms with Crippen LogP contribution in [-0.4, -0.2) is 77.6 Å². The van der Waals surface area contributed by atoms with Gasteiger partial charge in [0.1, 0.15) is 6.10 Å². The number of hydrogen-bond acceptors (Lipinski definition) is 9. The van der Waals surface area contributed by atoms with Crippen molar-refractivity contribution < 1.29 is 42.9 Å². The molecular weight excluding hydrogens is 357 g/mol. The second-order valence-electron chi connectivity index (χ2n) is 5.98. The zero-order valence-corrected chi connectivity index (χ0v) is 15.1. The second kappa shape index (κ2) is 7.13. The predicted octanol–water partition coefficient (Wildman–Crippen LogP) is -0.583. The molecule has 0 aromatic heterocycles. The Balaban J connectivity index is 2.72. The third-order valence-corrected chi connectivity index (χ3v) is 7.51. The summed E-state index contributed by atoms with van der Waals surface area (Å²) in [7, 11) is -1.13. The molecule has 2 N–H and O–H groups in total. The van der Waals surface area contributed by atoms with Crippen molar-refractivity contribution in [3.05, 3.63) is 0 Å². The third kappa shape index (κ3) is 2.82. The Labute approximate surface area is 144 Å². The second-order valence-corrected chi connectivity index (χ2v) is 8.50. The van der Waals surface area contributed by atoms with Crippen LogP contribution in [0.25, 0.3) is 0 Å². The summed E-state index contributed by atoms with van der Waals surface area (Å²) in [4.78, 5) is 37.8. The molecule has 1 saturated heterocycles. The lowest BCUT2D eigenvalue weighted by atomic mass is 9.78. The number of ether oxygens (including phenoxy) is 1. The zero-order valence-electron chi connectivity index (χ0n) is 14.2. The van der Waals surface area contributed by atoms with E-state index < -0.39 is 48.8 Å². The summed E-state index contributed by atoms with van der Waals surface area (Å²) < 4.78 is 28.0. The van der Waals surface area contributed by atoms with Gasteiger partial charge in [-0.25, -0.2) is 0 Å². The van der Waals surface area contributed by atoms with E-state index in [1.807, 2.05) is 0 Å². The first kappa shape index (κ1) is 20.0. The molecule has 1 aliphatic heterocycles. The van der Waals surface area contributed by atoms with E-state index in [0.29, 0.717) is 4.90 Å². The SMILES string of the molecule is COC(=O)[C@]1(P(=O)(OC)OC)CC[C@@H](O)[C@@H](O)[C@@H]1N1C(=O)CCC1=O. The Hall–Kier alpha value is -1.32. The number of likely N-dealkylation sites (tertiary alicyclic amines) is 1. The summed E-state index contributed by atoms with van der Waals surface area (Å²) in [6.45, 7) is 0. The third-order valence-electron chi connectivity index (χ3n) is 4.90. The Morgan fingerprint density at radius 1 is 1.16 bits per heavy atom. The van der Waals surface area contributed by atoms with Gasteiger partial charge in [0.25, 0.3) is 0 Å². The highest BCUT2D eigenvalue weighted by Gasteiger charge is 2.69. The van der Waals surface area contributed by atoms with E-state index in [2.05, 4.69) is 0 Å². The lowest BCUT2D eigenvalue weighted by Gasteiger charge is -2.49. The molecule has 142 valence electrons. The van der Waals surface area contributed by atoms with Gasteiger partial charge in [-0.3, -0.25) is 23.8 Å². The first-order chi connectivity index (χ1) is 11.7. The van der Waals surface area contributed by atoms with Gasteiger partial charge < -0.3 is 24.0 Å². The molecule has 1 saturated carbocycles. The maximum atomic E-state index is 13.3. The van der Waals surface area contributed by atoms with E-state index >= 15 is 0 Å². The number of rotatable bonds is 5. The largest absolute Gasteiger partial charge is 0.468 e. The number of carbonyl (C=O) groups is 3. The fourth-order valence-electron chi connectivity index (χ4n) is 3.66. The summed E-state index contributed by atoms with van der Waals surface area (Å²) >= 11 is 0. The maximum Gasteiger partial charge on any atom is 0.349 e. The number of hydrogen-bond donors (Lipinski definition) is 2. The normalized spacial score (nSPS) is 33.6. The monoisotopic (exact) mass is 379 g/mol. The van der Waals surface area contributed by atoms with Crippen LogP contribution >= 0.6 is 7.60 Å². The molecule has 11 heteroatoms. The Kier molecular flexibility index (Phi) is 5.70. The van der Waals surface area contributed by atoms with Gasteiger partial charge in [-0.05, 0) is 12.8 Å². The summed E-state index contributed by atoms with van der Waals surface area (Å²) in [5.74, 6) is -2.34. The van der Waals surface area contributed by atoms with Gasteiger partial charge in [-0.2, -0.15) is 0 Å². The number of aliphatic hydroxyl groups is 2. The van der Waals surface area contributed by atoms with Crippen LogP contribution in [0, 0.1) is 0 Å². The Bertz CT molecular complexity index is 599. The molecule has 0 radical (unpaired) electrons. The van der Waals surface area contributed by atoms with Crippen LogP contribution in [0.5, 0.6) is 0 Å². The predicted molar refractivity (Wildman–Crippen MR) is 82.5 cm³/mol. The molecule has 0 unspecified atom stereocenters. The number of imide groups is 1. The summed E-state index contributed by atoms with van der Waals surface area (Å²) in [5, 5.41) is 18.4. The molecule has 0 aromatic rings. The molecule has 0 aromatic carbocycles. The van der Waals surface area contributed by atoms with Gasteiger partial charge in [0.15, 0.2) is 5.16 Å². The maximum absolute atomic E-state index is 13.3. The van der Waals surface area contributed by atoms with Crippen LogP contribution in [0.4, 0.5) is 0 Å². The van der Waals surface area contributed by atoms with Crippen molar-refractivity contribution in [1.82, 2.24) is 4.90 Å². The minimum Gasteiger partial charge on any atom is -0.468 e. The number of nitrogens with zero attached hydrogens (tertiary/aromatic N) is 1. The quantitative estimate of drug-likeness (QED) is 0.365. The fraction of sp³-hybridized carbons (Fsp3) is 0.786. The van der Waals surface area contributed by atoms with Gasteiger partial charge in [0.05, 0.1) is 19.3 Å². The average Bonchev–Trinajstić information content (AvgIpc) is 2.94. The van der Waals surface area contributed by atoms with E-state index in [9.17, 15) is 29.2 Å². The van der Waals surface area contributed by atoms with Crippen LogP contribution in [0.1, 0.15) is 25.7 Å². The number of methoxy groups -OCH3 is 1. The molecule has 10 nitrogen and oxygen atoms in total. The fourth-order valence-corrected chi connectivity index (χ4v) is 5.77. The van der Waals surface area contributed by atoms with Crippen molar-refractivity contribution in [2.75, 3.05) is 21.3 Å². The lowest BCUT2D eigenvalue weighted by molar-refractivity contribution is -0.162. The van der Waals surface area contributed by atoms with Crippen molar-refractivity contribution in [3.63, 3.8) is 0 Å². The molecule has 2 fully saturated rings. The van der Waals surface area contributed by atoms with Crippen molar-refractivity contribution in [3.8, 4) is 0 Å². The smallest absolute Gasteiger partial charge is 0.349 e. The van der Waals surface area contributed by atoms with E-state index in [4.69, 9.17) is 13.8 Å². The minimum atomic E-state index is -4.28.